The van der Waals surface area contributed by atoms with Gasteiger partial charge in [0.05, 0.1) is 6.61 Å². The van der Waals surface area contributed by atoms with Crippen LogP contribution in [0.5, 0.6) is 0 Å². The standard InChI is InChI=1S/C10H17O3P/c1-3-5-6-7-8-9-10-14(11,12)13-4-2/h9-10H,3-6H2,1-2H3,(H,11,12)/b10-9-. The third-order valence-corrected chi connectivity index (χ3v) is 2.57. The minimum Gasteiger partial charge on any atom is -0.321 e. The molecule has 0 amide bonds. The zero-order valence-electron chi connectivity index (χ0n) is 8.69. The molecule has 80 valence electrons. The van der Waals surface area contributed by atoms with Crippen LogP contribution in [0.25, 0.3) is 0 Å². The predicted molar refractivity (Wildman–Crippen MR) is 57.9 cm³/mol. The molecule has 0 aromatic carbocycles. The van der Waals surface area contributed by atoms with E-state index < -0.39 is 7.60 Å². The number of unbranched alkanes of at least 4 members (excludes halogenated alkanes) is 2. The van der Waals surface area contributed by atoms with E-state index in [1.807, 2.05) is 0 Å². The molecule has 0 aliphatic heterocycles. The van der Waals surface area contributed by atoms with Gasteiger partial charge in [0.25, 0.3) is 0 Å². The van der Waals surface area contributed by atoms with Gasteiger partial charge in [-0.05, 0) is 19.4 Å². The average Bonchev–Trinajstić information content (AvgIpc) is 2.11. The highest BCUT2D eigenvalue weighted by atomic mass is 31.2. The molecule has 0 heterocycles. The topological polar surface area (TPSA) is 46.5 Å². The lowest BCUT2D eigenvalue weighted by atomic mass is 10.2. The maximum Gasteiger partial charge on any atom is 0.352 e. The van der Waals surface area contributed by atoms with Crippen molar-refractivity contribution < 1.29 is 14.0 Å². The van der Waals surface area contributed by atoms with Gasteiger partial charge in [-0.25, -0.2) is 0 Å². The third-order valence-electron chi connectivity index (χ3n) is 1.42. The molecule has 0 saturated carbocycles. The Balaban J connectivity index is 3.90. The molecule has 0 rings (SSSR count). The van der Waals surface area contributed by atoms with Gasteiger partial charge in [-0.2, -0.15) is 0 Å². The number of hydrogen-bond acceptors (Lipinski definition) is 2. The van der Waals surface area contributed by atoms with Gasteiger partial charge in [0.1, 0.15) is 0 Å². The zero-order chi connectivity index (χ0) is 10.9. The SMILES string of the molecule is CCCCC#C/C=C\P(=O)(O)OCC. The Morgan fingerprint density at radius 1 is 1.50 bits per heavy atom. The van der Waals surface area contributed by atoms with Crippen LogP contribution in [0.15, 0.2) is 11.9 Å². The number of allylic oxidation sites excluding steroid dienone is 1. The van der Waals surface area contributed by atoms with Crippen LogP contribution in [-0.4, -0.2) is 11.5 Å². The van der Waals surface area contributed by atoms with E-state index in [0.717, 1.165) is 25.1 Å². The lowest BCUT2D eigenvalue weighted by Gasteiger charge is -2.02. The molecule has 1 atom stereocenters. The summed E-state index contributed by atoms with van der Waals surface area (Å²) in [7, 11) is -3.53. The van der Waals surface area contributed by atoms with Crippen LogP contribution in [-0.2, 0) is 9.09 Å². The summed E-state index contributed by atoms with van der Waals surface area (Å²) in [5.74, 6) is 6.69. The summed E-state index contributed by atoms with van der Waals surface area (Å²) in [5, 5.41) is 0. The van der Waals surface area contributed by atoms with E-state index >= 15 is 0 Å². The predicted octanol–water partition coefficient (Wildman–Crippen LogP) is 2.92. The van der Waals surface area contributed by atoms with Crippen molar-refractivity contribution in [1.82, 2.24) is 0 Å². The van der Waals surface area contributed by atoms with Crippen molar-refractivity contribution in [2.45, 2.75) is 33.1 Å². The molecule has 0 saturated heterocycles. The molecular weight excluding hydrogens is 199 g/mol. The number of rotatable bonds is 5. The lowest BCUT2D eigenvalue weighted by molar-refractivity contribution is 0.283. The van der Waals surface area contributed by atoms with E-state index in [9.17, 15) is 4.57 Å². The van der Waals surface area contributed by atoms with Gasteiger partial charge in [0.2, 0.25) is 0 Å². The first-order valence-corrected chi connectivity index (χ1v) is 6.40. The molecule has 14 heavy (non-hydrogen) atoms. The second-order valence-electron chi connectivity index (χ2n) is 2.72. The third kappa shape index (κ3) is 8.07. The molecule has 0 spiro atoms. The molecule has 0 aromatic heterocycles. The van der Waals surface area contributed by atoms with E-state index in [2.05, 4.69) is 23.3 Å². The average molecular weight is 216 g/mol. The maximum absolute atomic E-state index is 11.1. The minimum absolute atomic E-state index is 0.224. The second kappa shape index (κ2) is 7.82. The van der Waals surface area contributed by atoms with Gasteiger partial charge in [-0.1, -0.05) is 25.2 Å². The molecule has 1 unspecified atom stereocenters. The van der Waals surface area contributed by atoms with Crippen LogP contribution >= 0.6 is 7.60 Å². The monoisotopic (exact) mass is 216 g/mol. The van der Waals surface area contributed by atoms with Gasteiger partial charge >= 0.3 is 7.60 Å². The summed E-state index contributed by atoms with van der Waals surface area (Å²) in [4.78, 5) is 9.10. The highest BCUT2D eigenvalue weighted by Crippen LogP contribution is 2.42. The molecular formula is C10H17O3P. The first kappa shape index (κ1) is 13.4. The molecule has 0 aromatic rings. The van der Waals surface area contributed by atoms with E-state index in [0.29, 0.717) is 0 Å². The van der Waals surface area contributed by atoms with Crippen molar-refractivity contribution in [1.29, 1.82) is 0 Å². The van der Waals surface area contributed by atoms with E-state index in [1.165, 1.54) is 6.08 Å². The van der Waals surface area contributed by atoms with Crippen LogP contribution in [0, 0.1) is 11.8 Å². The van der Waals surface area contributed by atoms with E-state index in [4.69, 9.17) is 4.89 Å². The van der Waals surface area contributed by atoms with Gasteiger partial charge in [0.15, 0.2) is 0 Å². The fourth-order valence-electron chi connectivity index (χ4n) is 0.756. The van der Waals surface area contributed by atoms with Crippen LogP contribution < -0.4 is 0 Å². The fraction of sp³-hybridized carbons (Fsp3) is 0.600. The largest absolute Gasteiger partial charge is 0.352 e. The summed E-state index contributed by atoms with van der Waals surface area (Å²) in [5.41, 5.74) is 0. The number of hydrogen-bond donors (Lipinski definition) is 1. The molecule has 0 fully saturated rings. The summed E-state index contributed by atoms with van der Waals surface area (Å²) in [6, 6.07) is 0. The summed E-state index contributed by atoms with van der Waals surface area (Å²) < 4.78 is 15.7. The lowest BCUT2D eigenvalue weighted by Crippen LogP contribution is -1.83. The Hall–Kier alpha value is -0.550. The smallest absolute Gasteiger partial charge is 0.321 e. The molecule has 0 aliphatic carbocycles. The molecule has 0 radical (unpaired) electrons. The molecule has 1 N–H and O–H groups in total. The first-order valence-electron chi connectivity index (χ1n) is 4.75. The van der Waals surface area contributed by atoms with Crippen molar-refractivity contribution in [2.24, 2.45) is 0 Å². The van der Waals surface area contributed by atoms with Crippen LogP contribution in [0.3, 0.4) is 0 Å². The molecule has 0 bridgehead atoms. The Labute approximate surface area is 85.7 Å². The van der Waals surface area contributed by atoms with Gasteiger partial charge in [-0.15, -0.1) is 0 Å². The highest BCUT2D eigenvalue weighted by molar-refractivity contribution is 7.56. The fourth-order valence-corrected chi connectivity index (χ4v) is 1.47. The van der Waals surface area contributed by atoms with Crippen LogP contribution in [0.2, 0.25) is 0 Å². The van der Waals surface area contributed by atoms with Crippen molar-refractivity contribution in [3.63, 3.8) is 0 Å². The zero-order valence-corrected chi connectivity index (χ0v) is 9.59. The molecule has 3 nitrogen and oxygen atoms in total. The Bertz CT molecular complexity index is 273. The van der Waals surface area contributed by atoms with Crippen molar-refractivity contribution in [2.75, 3.05) is 6.61 Å². The van der Waals surface area contributed by atoms with E-state index in [-0.39, 0.29) is 6.61 Å². The highest BCUT2D eigenvalue weighted by Gasteiger charge is 2.11. The summed E-state index contributed by atoms with van der Waals surface area (Å²) in [6.07, 6.45) is 4.37. The van der Waals surface area contributed by atoms with Crippen LogP contribution in [0.4, 0.5) is 0 Å². The van der Waals surface area contributed by atoms with Crippen molar-refractivity contribution in [3.8, 4) is 11.8 Å². The Kier molecular flexibility index (Phi) is 7.51. The summed E-state index contributed by atoms with van der Waals surface area (Å²) >= 11 is 0. The van der Waals surface area contributed by atoms with E-state index in [1.54, 1.807) is 6.92 Å². The van der Waals surface area contributed by atoms with Gasteiger partial charge in [-0.3, -0.25) is 4.57 Å². The van der Waals surface area contributed by atoms with Crippen LogP contribution in [0.1, 0.15) is 33.1 Å². The van der Waals surface area contributed by atoms with Crippen molar-refractivity contribution in [3.05, 3.63) is 11.9 Å². The van der Waals surface area contributed by atoms with Gasteiger partial charge in [0, 0.05) is 12.2 Å². The molecule has 4 heteroatoms. The normalized spacial score (nSPS) is 14.8. The first-order chi connectivity index (χ1) is 6.62. The van der Waals surface area contributed by atoms with Gasteiger partial charge < -0.3 is 9.42 Å². The Morgan fingerprint density at radius 2 is 2.21 bits per heavy atom. The second-order valence-corrected chi connectivity index (χ2v) is 4.41. The van der Waals surface area contributed by atoms with Crippen molar-refractivity contribution >= 4 is 7.60 Å². The maximum atomic E-state index is 11.1. The minimum atomic E-state index is -3.53. The molecule has 0 aliphatic rings. The summed E-state index contributed by atoms with van der Waals surface area (Å²) in [6.45, 7) is 3.99. The quantitative estimate of drug-likeness (QED) is 0.436. The Morgan fingerprint density at radius 3 is 2.79 bits per heavy atom.